The molecule has 0 radical (unpaired) electrons. The van der Waals surface area contributed by atoms with Crippen LogP contribution in [0.15, 0.2) is 0 Å². The summed E-state index contributed by atoms with van der Waals surface area (Å²) in [6.07, 6.45) is 7.05. The van der Waals surface area contributed by atoms with Crippen molar-refractivity contribution in [3.8, 4) is 0 Å². The second-order valence-electron chi connectivity index (χ2n) is 7.39. The van der Waals surface area contributed by atoms with Crippen LogP contribution in [-0.4, -0.2) is 11.2 Å². The Bertz CT molecular complexity index is 206. The molecule has 0 aromatic carbocycles. The molecular formula is C15H30O. The second kappa shape index (κ2) is 5.08. The Morgan fingerprint density at radius 2 is 1.75 bits per heavy atom. The molecule has 96 valence electrons. The molecule has 1 atom stereocenters. The van der Waals surface area contributed by atoms with Gasteiger partial charge in [-0.15, -0.1) is 0 Å². The number of hydrogen-bond acceptors (Lipinski definition) is 1. The third kappa shape index (κ3) is 4.08. The van der Waals surface area contributed by atoms with Crippen molar-refractivity contribution >= 4 is 0 Å². The topological polar surface area (TPSA) is 20.2 Å². The third-order valence-corrected chi connectivity index (χ3v) is 4.61. The molecule has 1 unspecified atom stereocenters. The van der Waals surface area contributed by atoms with E-state index in [1.807, 2.05) is 0 Å². The van der Waals surface area contributed by atoms with Gasteiger partial charge in [-0.2, -0.15) is 0 Å². The monoisotopic (exact) mass is 226 g/mol. The summed E-state index contributed by atoms with van der Waals surface area (Å²) in [7, 11) is 0. The molecule has 1 aliphatic carbocycles. The molecule has 1 aliphatic rings. The first kappa shape index (κ1) is 14.0. The summed E-state index contributed by atoms with van der Waals surface area (Å²) in [4.78, 5) is 0. The number of aliphatic hydroxyl groups is 1. The average molecular weight is 226 g/mol. The van der Waals surface area contributed by atoms with Crippen molar-refractivity contribution in [1.82, 2.24) is 0 Å². The fraction of sp³-hybridized carbons (Fsp3) is 1.00. The molecule has 1 saturated carbocycles. The van der Waals surface area contributed by atoms with Crippen LogP contribution in [-0.2, 0) is 0 Å². The van der Waals surface area contributed by atoms with Crippen LogP contribution in [0.5, 0.6) is 0 Å². The Kier molecular flexibility index (Phi) is 4.45. The predicted octanol–water partition coefficient (Wildman–Crippen LogP) is 4.39. The molecule has 0 aliphatic heterocycles. The summed E-state index contributed by atoms with van der Waals surface area (Å²) in [6.45, 7) is 11.8. The van der Waals surface area contributed by atoms with E-state index in [0.29, 0.717) is 10.8 Å². The summed E-state index contributed by atoms with van der Waals surface area (Å²) in [5.74, 6) is 0.791. The van der Waals surface area contributed by atoms with Crippen molar-refractivity contribution in [3.63, 3.8) is 0 Å². The molecule has 0 aromatic rings. The van der Waals surface area contributed by atoms with E-state index < -0.39 is 0 Å². The van der Waals surface area contributed by atoms with Crippen molar-refractivity contribution in [2.24, 2.45) is 16.7 Å². The predicted molar refractivity (Wildman–Crippen MR) is 70.4 cm³/mol. The molecule has 0 bridgehead atoms. The van der Waals surface area contributed by atoms with Crippen LogP contribution >= 0.6 is 0 Å². The Hall–Kier alpha value is -0.0400. The molecule has 1 N–H and O–H groups in total. The molecular weight excluding hydrogens is 196 g/mol. The zero-order valence-electron chi connectivity index (χ0n) is 11.8. The standard InChI is InChI=1S/C15H30O/c1-12(6-9-14(2,3)4)15(5)10-7-13(16)8-11-15/h12-13,16H,6-11H2,1-5H3/t12?,13-,15+. The van der Waals surface area contributed by atoms with E-state index in [0.717, 1.165) is 18.8 Å². The first-order valence-electron chi connectivity index (χ1n) is 6.91. The average Bonchev–Trinajstić information content (AvgIpc) is 2.18. The summed E-state index contributed by atoms with van der Waals surface area (Å²) in [5.41, 5.74) is 0.934. The second-order valence-corrected chi connectivity index (χ2v) is 7.39. The highest BCUT2D eigenvalue weighted by Crippen LogP contribution is 2.44. The maximum atomic E-state index is 9.58. The zero-order chi connectivity index (χ0) is 12.4. The number of hydrogen-bond donors (Lipinski definition) is 1. The van der Waals surface area contributed by atoms with Crippen LogP contribution in [0.4, 0.5) is 0 Å². The van der Waals surface area contributed by atoms with Crippen LogP contribution in [0.3, 0.4) is 0 Å². The van der Waals surface area contributed by atoms with Gasteiger partial charge in [0.25, 0.3) is 0 Å². The van der Waals surface area contributed by atoms with Gasteiger partial charge >= 0.3 is 0 Å². The SMILES string of the molecule is CC(CCC(C)(C)C)[C@]1(C)CC[C@H](O)CC1. The Balaban J connectivity index is 2.43. The molecule has 1 fully saturated rings. The molecule has 1 rings (SSSR count). The van der Waals surface area contributed by atoms with E-state index in [9.17, 15) is 5.11 Å². The van der Waals surface area contributed by atoms with Crippen LogP contribution in [0.25, 0.3) is 0 Å². The van der Waals surface area contributed by atoms with Gasteiger partial charge in [-0.1, -0.05) is 34.6 Å². The van der Waals surface area contributed by atoms with Gasteiger partial charge in [-0.3, -0.25) is 0 Å². The lowest BCUT2D eigenvalue weighted by Gasteiger charge is -2.41. The Morgan fingerprint density at radius 3 is 2.19 bits per heavy atom. The van der Waals surface area contributed by atoms with Crippen molar-refractivity contribution in [3.05, 3.63) is 0 Å². The van der Waals surface area contributed by atoms with Crippen LogP contribution < -0.4 is 0 Å². The maximum Gasteiger partial charge on any atom is 0.0540 e. The summed E-state index contributed by atoms with van der Waals surface area (Å²) in [5, 5.41) is 9.58. The van der Waals surface area contributed by atoms with Gasteiger partial charge in [-0.05, 0) is 55.3 Å². The van der Waals surface area contributed by atoms with Gasteiger partial charge in [0, 0.05) is 0 Å². The van der Waals surface area contributed by atoms with Gasteiger partial charge < -0.3 is 5.11 Å². The molecule has 0 heterocycles. The molecule has 0 amide bonds. The first-order valence-corrected chi connectivity index (χ1v) is 6.91. The van der Waals surface area contributed by atoms with Crippen LogP contribution in [0.1, 0.15) is 73.1 Å². The van der Waals surface area contributed by atoms with E-state index >= 15 is 0 Å². The normalized spacial score (nSPS) is 33.8. The quantitative estimate of drug-likeness (QED) is 0.756. The summed E-state index contributed by atoms with van der Waals surface area (Å²) >= 11 is 0. The van der Waals surface area contributed by atoms with Crippen molar-refractivity contribution < 1.29 is 5.11 Å². The first-order chi connectivity index (χ1) is 7.23. The Labute approximate surface area is 102 Å². The highest BCUT2D eigenvalue weighted by Gasteiger charge is 2.35. The van der Waals surface area contributed by atoms with E-state index in [2.05, 4.69) is 34.6 Å². The highest BCUT2D eigenvalue weighted by molar-refractivity contribution is 4.86. The third-order valence-electron chi connectivity index (χ3n) is 4.61. The fourth-order valence-electron chi connectivity index (χ4n) is 2.75. The summed E-state index contributed by atoms with van der Waals surface area (Å²) < 4.78 is 0. The zero-order valence-corrected chi connectivity index (χ0v) is 11.8. The minimum absolute atomic E-state index is 0.0251. The van der Waals surface area contributed by atoms with Crippen molar-refractivity contribution in [1.29, 1.82) is 0 Å². The van der Waals surface area contributed by atoms with Gasteiger partial charge in [0.2, 0.25) is 0 Å². The van der Waals surface area contributed by atoms with Crippen LogP contribution in [0, 0.1) is 16.7 Å². The van der Waals surface area contributed by atoms with E-state index in [1.54, 1.807) is 0 Å². The lowest BCUT2D eigenvalue weighted by Crippen LogP contribution is -2.33. The molecule has 0 spiro atoms. The largest absolute Gasteiger partial charge is 0.393 e. The van der Waals surface area contributed by atoms with Crippen LogP contribution in [0.2, 0.25) is 0 Å². The molecule has 0 aromatic heterocycles. The highest BCUT2D eigenvalue weighted by atomic mass is 16.3. The van der Waals surface area contributed by atoms with E-state index in [1.165, 1.54) is 25.7 Å². The minimum atomic E-state index is -0.0251. The number of rotatable bonds is 3. The van der Waals surface area contributed by atoms with E-state index in [-0.39, 0.29) is 6.10 Å². The van der Waals surface area contributed by atoms with Gasteiger partial charge in [0.15, 0.2) is 0 Å². The number of aliphatic hydroxyl groups excluding tert-OH is 1. The lowest BCUT2D eigenvalue weighted by atomic mass is 9.65. The smallest absolute Gasteiger partial charge is 0.0540 e. The Morgan fingerprint density at radius 1 is 1.25 bits per heavy atom. The van der Waals surface area contributed by atoms with Gasteiger partial charge in [-0.25, -0.2) is 0 Å². The minimum Gasteiger partial charge on any atom is -0.393 e. The molecule has 1 nitrogen and oxygen atoms in total. The summed E-state index contributed by atoms with van der Waals surface area (Å²) in [6, 6.07) is 0. The molecule has 0 saturated heterocycles. The van der Waals surface area contributed by atoms with Gasteiger partial charge in [0.1, 0.15) is 0 Å². The van der Waals surface area contributed by atoms with E-state index in [4.69, 9.17) is 0 Å². The lowest BCUT2D eigenvalue weighted by molar-refractivity contribution is 0.0359. The van der Waals surface area contributed by atoms with Crippen molar-refractivity contribution in [2.75, 3.05) is 0 Å². The fourth-order valence-corrected chi connectivity index (χ4v) is 2.75. The van der Waals surface area contributed by atoms with Gasteiger partial charge in [0.05, 0.1) is 6.10 Å². The molecule has 16 heavy (non-hydrogen) atoms. The maximum absolute atomic E-state index is 9.58. The molecule has 1 heteroatoms. The van der Waals surface area contributed by atoms with Crippen molar-refractivity contribution in [2.45, 2.75) is 79.2 Å².